The van der Waals surface area contributed by atoms with Crippen LogP contribution in [0.4, 0.5) is 0 Å². The van der Waals surface area contributed by atoms with Crippen molar-refractivity contribution in [2.24, 2.45) is 0 Å². The number of hydrogen-bond acceptors (Lipinski definition) is 4. The molecule has 6 heteroatoms. The smallest absolute Gasteiger partial charge is 0.234 e. The number of nitrogens with one attached hydrogen (secondary N) is 2. The number of rotatable bonds is 6. The van der Waals surface area contributed by atoms with E-state index in [1.807, 2.05) is 0 Å². The first-order valence-electron chi connectivity index (χ1n) is 6.18. The van der Waals surface area contributed by atoms with Crippen molar-refractivity contribution in [2.45, 2.75) is 12.8 Å². The summed E-state index contributed by atoms with van der Waals surface area (Å²) in [6.45, 7) is 5.04. The first-order chi connectivity index (χ1) is 8.18. The lowest BCUT2D eigenvalue weighted by atomic mass is 10.3. The lowest BCUT2D eigenvalue weighted by molar-refractivity contribution is -0.122. The third-order valence-corrected chi connectivity index (χ3v) is 3.59. The van der Waals surface area contributed by atoms with Gasteiger partial charge in [-0.1, -0.05) is 0 Å². The molecule has 100 valence electrons. The van der Waals surface area contributed by atoms with Gasteiger partial charge in [0.15, 0.2) is 0 Å². The molecule has 1 aliphatic rings. The average Bonchev–Trinajstić information content (AvgIpc) is 2.53. The Hall–Kier alpha value is -0.460. The minimum atomic E-state index is -0.759. The van der Waals surface area contributed by atoms with E-state index in [4.69, 9.17) is 0 Å². The standard InChI is InChI=1S/C11H23N3O2S/c1-17(16)9-3-5-13-11(15)10-14-7-2-4-12-6-8-14/h12H,2-10H2,1H3,(H,13,15). The second kappa shape index (κ2) is 8.60. The summed E-state index contributed by atoms with van der Waals surface area (Å²) in [6.07, 6.45) is 3.57. The van der Waals surface area contributed by atoms with Gasteiger partial charge in [-0.3, -0.25) is 13.9 Å². The van der Waals surface area contributed by atoms with Gasteiger partial charge >= 0.3 is 0 Å². The van der Waals surface area contributed by atoms with Gasteiger partial charge in [0, 0.05) is 42.4 Å². The van der Waals surface area contributed by atoms with Gasteiger partial charge in [-0.2, -0.15) is 0 Å². The zero-order valence-corrected chi connectivity index (χ0v) is 11.4. The van der Waals surface area contributed by atoms with Crippen molar-refractivity contribution in [1.29, 1.82) is 0 Å². The Bertz CT molecular complexity index is 253. The molecule has 0 aromatic heterocycles. The van der Waals surface area contributed by atoms with Gasteiger partial charge in [-0.25, -0.2) is 0 Å². The van der Waals surface area contributed by atoms with Gasteiger partial charge in [0.25, 0.3) is 0 Å². The lowest BCUT2D eigenvalue weighted by Gasteiger charge is -2.18. The monoisotopic (exact) mass is 261 g/mol. The molecule has 0 bridgehead atoms. The summed E-state index contributed by atoms with van der Waals surface area (Å²) in [7, 11) is -0.759. The molecule has 0 aromatic rings. The van der Waals surface area contributed by atoms with Gasteiger partial charge in [-0.05, 0) is 25.9 Å². The minimum absolute atomic E-state index is 0.0776. The third-order valence-electron chi connectivity index (χ3n) is 2.73. The van der Waals surface area contributed by atoms with Gasteiger partial charge in [0.1, 0.15) is 0 Å². The van der Waals surface area contributed by atoms with E-state index in [-0.39, 0.29) is 5.91 Å². The SMILES string of the molecule is CS(=O)CCCNC(=O)CN1CCCNCC1. The highest BCUT2D eigenvalue weighted by Gasteiger charge is 2.11. The average molecular weight is 261 g/mol. The molecule has 1 unspecified atom stereocenters. The van der Waals surface area contributed by atoms with E-state index >= 15 is 0 Å². The van der Waals surface area contributed by atoms with Crippen molar-refractivity contribution in [3.63, 3.8) is 0 Å². The van der Waals surface area contributed by atoms with Crippen molar-refractivity contribution < 1.29 is 9.00 Å². The number of amides is 1. The topological polar surface area (TPSA) is 61.4 Å². The summed E-state index contributed by atoms with van der Waals surface area (Å²) in [6, 6.07) is 0. The second-order valence-corrected chi connectivity index (χ2v) is 5.92. The summed E-state index contributed by atoms with van der Waals surface area (Å²) in [5, 5.41) is 6.18. The summed E-state index contributed by atoms with van der Waals surface area (Å²) in [5.41, 5.74) is 0. The molecule has 17 heavy (non-hydrogen) atoms. The van der Waals surface area contributed by atoms with Gasteiger partial charge in [-0.15, -0.1) is 0 Å². The molecule has 0 saturated carbocycles. The number of carbonyl (C=O) groups excluding carboxylic acids is 1. The van der Waals surface area contributed by atoms with Crippen LogP contribution in [0.25, 0.3) is 0 Å². The molecule has 1 fully saturated rings. The summed E-state index contributed by atoms with van der Waals surface area (Å²) < 4.78 is 10.8. The van der Waals surface area contributed by atoms with Crippen molar-refractivity contribution in [3.05, 3.63) is 0 Å². The van der Waals surface area contributed by atoms with Crippen LogP contribution in [0.15, 0.2) is 0 Å². The molecule has 1 aliphatic heterocycles. The zero-order valence-electron chi connectivity index (χ0n) is 10.5. The Labute approximate surface area is 106 Å². The molecule has 2 N–H and O–H groups in total. The molecule has 0 spiro atoms. The number of hydrogen-bond donors (Lipinski definition) is 2. The van der Waals surface area contributed by atoms with Gasteiger partial charge in [0.05, 0.1) is 6.54 Å². The summed E-state index contributed by atoms with van der Waals surface area (Å²) >= 11 is 0. The molecule has 5 nitrogen and oxygen atoms in total. The maximum atomic E-state index is 11.6. The van der Waals surface area contributed by atoms with Crippen LogP contribution in [0.2, 0.25) is 0 Å². The van der Waals surface area contributed by atoms with Crippen molar-refractivity contribution in [1.82, 2.24) is 15.5 Å². The summed E-state index contributed by atoms with van der Waals surface area (Å²) in [4.78, 5) is 13.8. The number of carbonyl (C=O) groups is 1. The molecule has 1 amide bonds. The predicted molar refractivity (Wildman–Crippen MR) is 70.5 cm³/mol. The molecule has 1 saturated heterocycles. The maximum absolute atomic E-state index is 11.6. The highest BCUT2D eigenvalue weighted by atomic mass is 32.2. The van der Waals surface area contributed by atoms with Gasteiger partial charge in [0.2, 0.25) is 5.91 Å². The highest BCUT2D eigenvalue weighted by molar-refractivity contribution is 7.84. The Morgan fingerprint density at radius 3 is 3.00 bits per heavy atom. The van der Waals surface area contributed by atoms with Crippen LogP contribution in [-0.4, -0.2) is 66.3 Å². The molecular formula is C11H23N3O2S. The third kappa shape index (κ3) is 7.46. The second-order valence-electron chi connectivity index (χ2n) is 4.36. The molecule has 0 radical (unpaired) electrons. The van der Waals surface area contributed by atoms with E-state index < -0.39 is 10.8 Å². The lowest BCUT2D eigenvalue weighted by Crippen LogP contribution is -2.39. The van der Waals surface area contributed by atoms with Crippen molar-refractivity contribution in [2.75, 3.05) is 51.3 Å². The Morgan fingerprint density at radius 2 is 2.24 bits per heavy atom. The van der Waals surface area contributed by atoms with Crippen LogP contribution in [0.1, 0.15) is 12.8 Å². The molecular weight excluding hydrogens is 238 g/mol. The van der Waals surface area contributed by atoms with Crippen LogP contribution in [0.5, 0.6) is 0 Å². The first kappa shape index (κ1) is 14.6. The molecule has 0 aromatic carbocycles. The fourth-order valence-corrected chi connectivity index (χ4v) is 2.37. The van der Waals surface area contributed by atoms with Crippen LogP contribution >= 0.6 is 0 Å². The Balaban J connectivity index is 2.08. The van der Waals surface area contributed by atoms with Crippen LogP contribution in [0, 0.1) is 0 Å². The minimum Gasteiger partial charge on any atom is -0.355 e. The van der Waals surface area contributed by atoms with E-state index in [0.29, 0.717) is 18.8 Å². The van der Waals surface area contributed by atoms with Crippen LogP contribution in [-0.2, 0) is 15.6 Å². The molecule has 1 rings (SSSR count). The first-order valence-corrected chi connectivity index (χ1v) is 7.91. The summed E-state index contributed by atoms with van der Waals surface area (Å²) in [5.74, 6) is 0.738. The van der Waals surface area contributed by atoms with Crippen molar-refractivity contribution >= 4 is 16.7 Å². The fourth-order valence-electron chi connectivity index (χ4n) is 1.82. The Kier molecular flexibility index (Phi) is 7.39. The van der Waals surface area contributed by atoms with E-state index in [1.54, 1.807) is 6.26 Å². The van der Waals surface area contributed by atoms with E-state index in [1.165, 1.54) is 0 Å². The van der Waals surface area contributed by atoms with E-state index in [0.717, 1.165) is 39.0 Å². The number of nitrogens with zero attached hydrogens (tertiary/aromatic N) is 1. The maximum Gasteiger partial charge on any atom is 0.234 e. The molecule has 0 aliphatic carbocycles. The largest absolute Gasteiger partial charge is 0.355 e. The molecule has 1 heterocycles. The van der Waals surface area contributed by atoms with E-state index in [2.05, 4.69) is 15.5 Å². The van der Waals surface area contributed by atoms with E-state index in [9.17, 15) is 9.00 Å². The normalized spacial score (nSPS) is 19.6. The fraction of sp³-hybridized carbons (Fsp3) is 0.909. The van der Waals surface area contributed by atoms with Crippen LogP contribution < -0.4 is 10.6 Å². The molecule has 1 atom stereocenters. The quantitative estimate of drug-likeness (QED) is 0.613. The zero-order chi connectivity index (χ0) is 12.5. The predicted octanol–water partition coefficient (Wildman–Crippen LogP) is -0.833. The Morgan fingerprint density at radius 1 is 1.41 bits per heavy atom. The van der Waals surface area contributed by atoms with Crippen LogP contribution in [0.3, 0.4) is 0 Å². The van der Waals surface area contributed by atoms with Gasteiger partial charge < -0.3 is 10.6 Å². The highest BCUT2D eigenvalue weighted by Crippen LogP contribution is 1.94. The van der Waals surface area contributed by atoms with Crippen molar-refractivity contribution in [3.8, 4) is 0 Å².